The molecule has 2 unspecified atom stereocenters. The largest absolute Gasteiger partial charge is 0.437 e. The molecule has 0 saturated heterocycles. The van der Waals surface area contributed by atoms with Crippen LogP contribution in [0.2, 0.25) is 0 Å². The molecule has 4 rings (SSSR count). The maximum atomic E-state index is 12.7. The van der Waals surface area contributed by atoms with E-state index in [2.05, 4.69) is 10.3 Å². The summed E-state index contributed by atoms with van der Waals surface area (Å²) in [5, 5.41) is 14.5. The molecule has 0 bridgehead atoms. The number of rotatable bonds is 9. The quantitative estimate of drug-likeness (QED) is 0.470. The molecular weight excluding hydrogens is 402 g/mol. The van der Waals surface area contributed by atoms with Gasteiger partial charge in [0.05, 0.1) is 6.54 Å². The number of amides is 1. The molecule has 2 aromatic carbocycles. The van der Waals surface area contributed by atoms with Gasteiger partial charge in [0.15, 0.2) is 11.2 Å². The Kier molecular flexibility index (Phi) is 7.22. The smallest absolute Gasteiger partial charge is 0.229 e. The number of carbonyl (C=O) groups is 1. The van der Waals surface area contributed by atoms with Crippen LogP contribution in [0.3, 0.4) is 0 Å². The molecule has 6 nitrogen and oxygen atoms in total. The van der Waals surface area contributed by atoms with Gasteiger partial charge >= 0.3 is 0 Å². The number of nitrogens with two attached hydrogens (primary N) is 1. The van der Waals surface area contributed by atoms with E-state index in [1.165, 1.54) is 19.3 Å². The molecule has 1 fully saturated rings. The molecule has 170 valence electrons. The van der Waals surface area contributed by atoms with Crippen molar-refractivity contribution < 1.29 is 14.3 Å². The van der Waals surface area contributed by atoms with E-state index in [0.717, 1.165) is 18.4 Å². The number of oxazole rings is 1. The van der Waals surface area contributed by atoms with Crippen LogP contribution in [0.4, 0.5) is 0 Å². The van der Waals surface area contributed by atoms with Crippen molar-refractivity contribution >= 4 is 17.0 Å². The summed E-state index contributed by atoms with van der Waals surface area (Å²) in [6.45, 7) is 0.0306. The average Bonchev–Trinajstić information content (AvgIpc) is 3.28. The van der Waals surface area contributed by atoms with Gasteiger partial charge in [-0.2, -0.15) is 0 Å². The Hall–Kier alpha value is -2.70. The van der Waals surface area contributed by atoms with Crippen molar-refractivity contribution in [1.29, 1.82) is 0 Å². The van der Waals surface area contributed by atoms with Gasteiger partial charge in [-0.3, -0.25) is 4.79 Å². The summed E-state index contributed by atoms with van der Waals surface area (Å²) in [6, 6.07) is 17.2. The van der Waals surface area contributed by atoms with Gasteiger partial charge in [-0.25, -0.2) is 4.98 Å². The Morgan fingerprint density at radius 1 is 1.12 bits per heavy atom. The van der Waals surface area contributed by atoms with Crippen LogP contribution in [0.5, 0.6) is 0 Å². The van der Waals surface area contributed by atoms with Crippen LogP contribution in [0.15, 0.2) is 59.0 Å². The first kappa shape index (κ1) is 22.5. The van der Waals surface area contributed by atoms with Crippen molar-refractivity contribution in [3.8, 4) is 0 Å². The van der Waals surface area contributed by atoms with Crippen molar-refractivity contribution in [3.05, 3.63) is 66.1 Å². The number of fused-ring (bicyclic) bond motifs is 1. The summed E-state index contributed by atoms with van der Waals surface area (Å²) in [5.74, 6) is 0.493. The standard InChI is InChI=1S/C26H33N3O3/c27-21(20-11-5-2-6-12-20)17-24(30)28-18-26(31,16-15-19-9-3-1-4-10-19)25-29-22-13-7-8-14-23(22)32-25/h1,3-4,7-10,13-14,20-21,31H,2,5-6,11-12,15-18,27H2,(H,28,30). The predicted molar refractivity (Wildman–Crippen MR) is 125 cm³/mol. The molecule has 32 heavy (non-hydrogen) atoms. The van der Waals surface area contributed by atoms with Crippen molar-refractivity contribution in [2.24, 2.45) is 11.7 Å². The monoisotopic (exact) mass is 435 g/mol. The molecular formula is C26H33N3O3. The Balaban J connectivity index is 1.45. The molecule has 0 aliphatic heterocycles. The van der Waals surface area contributed by atoms with Gasteiger partial charge in [-0.1, -0.05) is 61.7 Å². The Bertz CT molecular complexity index is 980. The summed E-state index contributed by atoms with van der Waals surface area (Å²) in [5.41, 5.74) is 7.32. The highest BCUT2D eigenvalue weighted by Crippen LogP contribution is 2.30. The predicted octanol–water partition coefficient (Wildman–Crippen LogP) is 4.06. The van der Waals surface area contributed by atoms with E-state index >= 15 is 0 Å². The topological polar surface area (TPSA) is 101 Å². The first-order chi connectivity index (χ1) is 15.5. The lowest BCUT2D eigenvalue weighted by Gasteiger charge is -2.28. The summed E-state index contributed by atoms with van der Waals surface area (Å²) < 4.78 is 5.89. The van der Waals surface area contributed by atoms with Crippen LogP contribution in [-0.4, -0.2) is 28.6 Å². The molecule has 1 aliphatic rings. The number of aryl methyl sites for hydroxylation is 1. The molecule has 1 aliphatic carbocycles. The fraction of sp³-hybridized carbons (Fsp3) is 0.462. The van der Waals surface area contributed by atoms with Crippen LogP contribution in [0.25, 0.3) is 11.1 Å². The Morgan fingerprint density at radius 2 is 1.84 bits per heavy atom. The van der Waals surface area contributed by atoms with Gasteiger partial charge in [0.25, 0.3) is 0 Å². The van der Waals surface area contributed by atoms with Crippen molar-refractivity contribution in [1.82, 2.24) is 10.3 Å². The van der Waals surface area contributed by atoms with E-state index in [-0.39, 0.29) is 30.8 Å². The van der Waals surface area contributed by atoms with Crippen molar-refractivity contribution in [3.63, 3.8) is 0 Å². The lowest BCUT2D eigenvalue weighted by Crippen LogP contribution is -2.44. The minimum atomic E-state index is -1.42. The third kappa shape index (κ3) is 5.56. The average molecular weight is 436 g/mol. The van der Waals surface area contributed by atoms with Crippen LogP contribution < -0.4 is 11.1 Å². The summed E-state index contributed by atoms with van der Waals surface area (Å²) in [6.07, 6.45) is 7.11. The molecule has 6 heteroatoms. The summed E-state index contributed by atoms with van der Waals surface area (Å²) in [4.78, 5) is 17.2. The molecule has 1 saturated carbocycles. The zero-order valence-electron chi connectivity index (χ0n) is 18.5. The van der Waals surface area contributed by atoms with Gasteiger partial charge in [0, 0.05) is 12.5 Å². The first-order valence-corrected chi connectivity index (χ1v) is 11.7. The summed E-state index contributed by atoms with van der Waals surface area (Å²) >= 11 is 0. The maximum absolute atomic E-state index is 12.7. The molecule has 0 spiro atoms. The lowest BCUT2D eigenvalue weighted by atomic mass is 9.83. The van der Waals surface area contributed by atoms with Crippen molar-refractivity contribution in [2.75, 3.05) is 6.54 Å². The molecule has 1 heterocycles. The van der Waals surface area contributed by atoms with Crippen LogP contribution in [0, 0.1) is 5.92 Å². The van der Waals surface area contributed by atoms with E-state index in [4.69, 9.17) is 10.2 Å². The zero-order chi connectivity index (χ0) is 22.4. The second-order valence-electron chi connectivity index (χ2n) is 9.05. The molecule has 1 aromatic heterocycles. The minimum absolute atomic E-state index is 0.0306. The van der Waals surface area contributed by atoms with E-state index in [1.54, 1.807) is 0 Å². The van der Waals surface area contributed by atoms with Crippen LogP contribution >= 0.6 is 0 Å². The molecule has 3 aromatic rings. The summed E-state index contributed by atoms with van der Waals surface area (Å²) in [7, 11) is 0. The second-order valence-corrected chi connectivity index (χ2v) is 9.05. The van der Waals surface area contributed by atoms with E-state index < -0.39 is 5.60 Å². The molecule has 1 amide bonds. The van der Waals surface area contributed by atoms with Gasteiger partial charge in [-0.15, -0.1) is 0 Å². The second kappa shape index (κ2) is 10.3. The Morgan fingerprint density at radius 3 is 2.59 bits per heavy atom. The number of nitrogens with zero attached hydrogens (tertiary/aromatic N) is 1. The highest BCUT2D eigenvalue weighted by molar-refractivity contribution is 5.76. The third-order valence-electron chi connectivity index (χ3n) is 6.62. The molecule has 0 radical (unpaired) electrons. The van der Waals surface area contributed by atoms with Crippen LogP contribution in [0.1, 0.15) is 56.4 Å². The Labute approximate surface area is 189 Å². The number of hydrogen-bond donors (Lipinski definition) is 3. The number of carbonyl (C=O) groups excluding carboxylic acids is 1. The van der Waals surface area contributed by atoms with Crippen molar-refractivity contribution in [2.45, 2.75) is 63.0 Å². The van der Waals surface area contributed by atoms with E-state index in [0.29, 0.717) is 29.9 Å². The highest BCUT2D eigenvalue weighted by atomic mass is 16.4. The van der Waals surface area contributed by atoms with Crippen LogP contribution in [-0.2, 0) is 16.8 Å². The zero-order valence-corrected chi connectivity index (χ0v) is 18.5. The van der Waals surface area contributed by atoms with E-state index in [1.807, 2.05) is 54.6 Å². The van der Waals surface area contributed by atoms with Gasteiger partial charge in [-0.05, 0) is 49.3 Å². The third-order valence-corrected chi connectivity index (χ3v) is 6.62. The number of nitrogens with one attached hydrogen (secondary N) is 1. The maximum Gasteiger partial charge on any atom is 0.229 e. The first-order valence-electron chi connectivity index (χ1n) is 11.7. The number of para-hydroxylation sites is 2. The SMILES string of the molecule is NC(CC(=O)NCC(O)(CCc1ccccc1)c1nc2ccccc2o1)C1CCCCC1. The van der Waals surface area contributed by atoms with E-state index in [9.17, 15) is 9.90 Å². The fourth-order valence-corrected chi connectivity index (χ4v) is 4.60. The van der Waals surface area contributed by atoms with Gasteiger partial charge in [0.1, 0.15) is 5.52 Å². The fourth-order valence-electron chi connectivity index (χ4n) is 4.60. The number of aliphatic hydroxyl groups is 1. The minimum Gasteiger partial charge on any atom is -0.437 e. The van der Waals surface area contributed by atoms with Gasteiger partial charge < -0.3 is 20.6 Å². The number of benzene rings is 2. The lowest BCUT2D eigenvalue weighted by molar-refractivity contribution is -0.123. The van der Waals surface area contributed by atoms with Gasteiger partial charge in [0.2, 0.25) is 11.8 Å². The highest BCUT2D eigenvalue weighted by Gasteiger charge is 2.35. The number of hydrogen-bond acceptors (Lipinski definition) is 5. The molecule has 4 N–H and O–H groups in total. The molecule has 2 atom stereocenters. The normalized spacial score (nSPS) is 17.7. The number of aromatic nitrogens is 1.